The molecule has 1 heterocycles. The number of aromatic hydroxyl groups is 1. The van der Waals surface area contributed by atoms with E-state index in [1.807, 2.05) is 0 Å². The molecule has 2 amide bonds. The van der Waals surface area contributed by atoms with E-state index in [-0.39, 0.29) is 21.9 Å². The molecule has 24 heavy (non-hydrogen) atoms. The number of amides is 2. The second kappa shape index (κ2) is 7.14. The molecular weight excluding hydrogens is 332 g/mol. The fourth-order valence-electron chi connectivity index (χ4n) is 1.91. The van der Waals surface area contributed by atoms with Crippen LogP contribution in [-0.4, -0.2) is 29.0 Å². The number of ether oxygens (including phenoxy) is 1. The molecule has 2 aromatic rings. The van der Waals surface area contributed by atoms with Crippen LogP contribution in [0.4, 0.5) is 5.00 Å². The highest BCUT2D eigenvalue weighted by molar-refractivity contribution is 7.14. The van der Waals surface area contributed by atoms with Crippen molar-refractivity contribution >= 4 is 34.1 Å². The molecule has 0 radical (unpaired) electrons. The van der Waals surface area contributed by atoms with Crippen LogP contribution in [0.5, 0.6) is 5.75 Å². The summed E-state index contributed by atoms with van der Waals surface area (Å²) in [7, 11) is 0. The number of nitrogens with one attached hydrogen (secondary N) is 1. The largest absolute Gasteiger partial charge is 0.507 e. The number of thiophene rings is 1. The lowest BCUT2D eigenvalue weighted by atomic mass is 10.1. The predicted octanol–water partition coefficient (Wildman–Crippen LogP) is 2.05. The molecule has 1 unspecified atom stereocenters. The summed E-state index contributed by atoms with van der Waals surface area (Å²) in [5, 5.41) is 14.2. The molecular formula is C16H16N2O5S. The van der Waals surface area contributed by atoms with Crippen molar-refractivity contribution in [3.05, 3.63) is 46.3 Å². The van der Waals surface area contributed by atoms with Crippen LogP contribution in [0.3, 0.4) is 0 Å². The number of esters is 1. The summed E-state index contributed by atoms with van der Waals surface area (Å²) in [5.74, 6) is -2.32. The number of hydrogen-bond donors (Lipinski definition) is 3. The first-order chi connectivity index (χ1) is 11.3. The number of primary amides is 1. The van der Waals surface area contributed by atoms with Gasteiger partial charge in [0.05, 0.1) is 5.56 Å². The fourth-order valence-corrected chi connectivity index (χ4v) is 2.70. The number of anilines is 1. The Morgan fingerprint density at radius 2 is 1.96 bits per heavy atom. The summed E-state index contributed by atoms with van der Waals surface area (Å²) in [6.45, 7) is 3.15. The van der Waals surface area contributed by atoms with Crippen molar-refractivity contribution in [1.82, 2.24) is 0 Å². The van der Waals surface area contributed by atoms with E-state index in [9.17, 15) is 19.5 Å². The van der Waals surface area contributed by atoms with Gasteiger partial charge in [0.25, 0.3) is 11.8 Å². The van der Waals surface area contributed by atoms with Gasteiger partial charge in [-0.15, -0.1) is 11.3 Å². The monoisotopic (exact) mass is 348 g/mol. The highest BCUT2D eigenvalue weighted by Crippen LogP contribution is 2.23. The van der Waals surface area contributed by atoms with E-state index >= 15 is 0 Å². The number of carbonyl (C=O) groups is 3. The number of rotatable bonds is 5. The third-order valence-corrected chi connectivity index (χ3v) is 4.02. The van der Waals surface area contributed by atoms with Crippen molar-refractivity contribution < 1.29 is 24.2 Å². The second-order valence-corrected chi connectivity index (χ2v) is 6.00. The van der Waals surface area contributed by atoms with Crippen LogP contribution in [0.2, 0.25) is 0 Å². The van der Waals surface area contributed by atoms with Crippen LogP contribution in [0, 0.1) is 6.92 Å². The molecule has 2 rings (SSSR count). The zero-order valence-electron chi connectivity index (χ0n) is 13.0. The molecule has 1 atom stereocenters. The summed E-state index contributed by atoms with van der Waals surface area (Å²) < 4.78 is 5.05. The average molecular weight is 348 g/mol. The van der Waals surface area contributed by atoms with Gasteiger partial charge in [0, 0.05) is 0 Å². The van der Waals surface area contributed by atoms with Gasteiger partial charge >= 0.3 is 5.97 Å². The smallest absolute Gasteiger partial charge is 0.342 e. The molecule has 0 aliphatic heterocycles. The van der Waals surface area contributed by atoms with Gasteiger partial charge in [-0.1, -0.05) is 6.07 Å². The van der Waals surface area contributed by atoms with Crippen molar-refractivity contribution in [3.8, 4) is 5.75 Å². The Morgan fingerprint density at radius 3 is 2.58 bits per heavy atom. The standard InChI is InChI=1S/C16H16N2O5S/c1-8-3-4-10(12(19)7-8)16(22)23-9(2)14(21)18-15-11(13(17)20)5-6-24-15/h3-7,9,19H,1-2H3,(H2,17,20)(H,18,21). The zero-order valence-corrected chi connectivity index (χ0v) is 13.8. The van der Waals surface area contributed by atoms with Gasteiger partial charge in [0.1, 0.15) is 16.3 Å². The maximum atomic E-state index is 12.1. The average Bonchev–Trinajstić information content (AvgIpc) is 2.95. The number of phenols is 1. The first-order valence-corrected chi connectivity index (χ1v) is 7.86. The minimum atomic E-state index is -1.12. The number of aryl methyl sites for hydroxylation is 1. The van der Waals surface area contributed by atoms with Gasteiger partial charge < -0.3 is 20.9 Å². The Balaban J connectivity index is 2.04. The molecule has 0 aliphatic rings. The van der Waals surface area contributed by atoms with Gasteiger partial charge in [0.15, 0.2) is 6.10 Å². The fraction of sp³-hybridized carbons (Fsp3) is 0.188. The maximum absolute atomic E-state index is 12.1. The molecule has 126 valence electrons. The van der Waals surface area contributed by atoms with E-state index in [0.29, 0.717) is 0 Å². The Kier molecular flexibility index (Phi) is 5.20. The minimum absolute atomic E-state index is 0.0331. The topological polar surface area (TPSA) is 119 Å². The lowest BCUT2D eigenvalue weighted by Crippen LogP contribution is -2.30. The van der Waals surface area contributed by atoms with Crippen molar-refractivity contribution in [2.24, 2.45) is 5.73 Å². The first kappa shape index (κ1) is 17.5. The van der Waals surface area contributed by atoms with Gasteiger partial charge in [-0.25, -0.2) is 4.79 Å². The van der Waals surface area contributed by atoms with Crippen molar-refractivity contribution in [3.63, 3.8) is 0 Å². The number of hydrogen-bond acceptors (Lipinski definition) is 6. The third kappa shape index (κ3) is 3.90. The molecule has 0 saturated heterocycles. The highest BCUT2D eigenvalue weighted by atomic mass is 32.1. The summed E-state index contributed by atoms with van der Waals surface area (Å²) in [4.78, 5) is 35.4. The Labute approximate surface area is 142 Å². The number of nitrogens with two attached hydrogens (primary N) is 1. The van der Waals surface area contributed by atoms with E-state index in [1.165, 1.54) is 25.1 Å². The van der Waals surface area contributed by atoms with Crippen LogP contribution >= 0.6 is 11.3 Å². The van der Waals surface area contributed by atoms with E-state index in [1.54, 1.807) is 18.4 Å². The van der Waals surface area contributed by atoms with E-state index < -0.39 is 23.9 Å². The predicted molar refractivity (Wildman–Crippen MR) is 89.2 cm³/mol. The third-order valence-electron chi connectivity index (χ3n) is 3.19. The molecule has 1 aromatic heterocycles. The molecule has 0 spiro atoms. The van der Waals surface area contributed by atoms with Gasteiger partial charge in [0.2, 0.25) is 0 Å². The highest BCUT2D eigenvalue weighted by Gasteiger charge is 2.22. The molecule has 1 aromatic carbocycles. The van der Waals surface area contributed by atoms with Crippen LogP contribution in [0.15, 0.2) is 29.6 Å². The maximum Gasteiger partial charge on any atom is 0.342 e. The molecule has 0 aliphatic carbocycles. The van der Waals surface area contributed by atoms with Crippen molar-refractivity contribution in [2.75, 3.05) is 5.32 Å². The van der Waals surface area contributed by atoms with E-state index in [0.717, 1.165) is 16.9 Å². The summed E-state index contributed by atoms with van der Waals surface area (Å²) in [5.41, 5.74) is 6.13. The van der Waals surface area contributed by atoms with Crippen LogP contribution in [0.25, 0.3) is 0 Å². The normalized spacial score (nSPS) is 11.6. The Bertz CT molecular complexity index is 800. The zero-order chi connectivity index (χ0) is 17.9. The van der Waals surface area contributed by atoms with Crippen LogP contribution < -0.4 is 11.1 Å². The van der Waals surface area contributed by atoms with Gasteiger partial charge in [-0.3, -0.25) is 9.59 Å². The Morgan fingerprint density at radius 1 is 1.25 bits per heavy atom. The molecule has 0 fully saturated rings. The number of benzene rings is 1. The van der Waals surface area contributed by atoms with Crippen molar-refractivity contribution in [1.29, 1.82) is 0 Å². The van der Waals surface area contributed by atoms with Crippen LogP contribution in [-0.2, 0) is 9.53 Å². The number of phenolic OH excluding ortho intramolecular Hbond substituents is 1. The quantitative estimate of drug-likeness (QED) is 0.715. The molecule has 0 bridgehead atoms. The van der Waals surface area contributed by atoms with E-state index in [4.69, 9.17) is 10.5 Å². The first-order valence-electron chi connectivity index (χ1n) is 6.98. The Hall–Kier alpha value is -2.87. The second-order valence-electron chi connectivity index (χ2n) is 5.09. The summed E-state index contributed by atoms with van der Waals surface area (Å²) in [6.07, 6.45) is -1.12. The molecule has 4 N–H and O–H groups in total. The molecule has 8 heteroatoms. The van der Waals surface area contributed by atoms with Gasteiger partial charge in [-0.05, 0) is 43.0 Å². The van der Waals surface area contributed by atoms with E-state index in [2.05, 4.69) is 5.32 Å². The lowest BCUT2D eigenvalue weighted by Gasteiger charge is -2.14. The van der Waals surface area contributed by atoms with Gasteiger partial charge in [-0.2, -0.15) is 0 Å². The summed E-state index contributed by atoms with van der Waals surface area (Å²) in [6, 6.07) is 5.98. The molecule has 7 nitrogen and oxygen atoms in total. The van der Waals surface area contributed by atoms with Crippen molar-refractivity contribution in [2.45, 2.75) is 20.0 Å². The number of carbonyl (C=O) groups excluding carboxylic acids is 3. The summed E-state index contributed by atoms with van der Waals surface area (Å²) >= 11 is 1.13. The van der Waals surface area contributed by atoms with Crippen LogP contribution in [0.1, 0.15) is 33.2 Å². The lowest BCUT2D eigenvalue weighted by molar-refractivity contribution is -0.123. The minimum Gasteiger partial charge on any atom is -0.507 e. The SMILES string of the molecule is Cc1ccc(C(=O)OC(C)C(=O)Nc2sccc2C(N)=O)c(O)c1. The molecule has 0 saturated carbocycles.